The molecule has 1 aliphatic rings. The highest BCUT2D eigenvalue weighted by Gasteiger charge is 2.09. The molecule has 1 aromatic heterocycles. The van der Waals surface area contributed by atoms with E-state index in [-0.39, 0.29) is 0 Å². The molecule has 0 bridgehead atoms. The molecule has 0 amide bonds. The van der Waals surface area contributed by atoms with E-state index in [2.05, 4.69) is 29.8 Å². The molecule has 1 aliphatic carbocycles. The SMILES string of the molecule is Cc1ccnc(C#CC2CCCCC2)c1. The van der Waals surface area contributed by atoms with E-state index in [4.69, 9.17) is 0 Å². The molecule has 0 aromatic carbocycles. The minimum Gasteiger partial charge on any atom is -0.248 e. The van der Waals surface area contributed by atoms with Crippen LogP contribution in [0.2, 0.25) is 0 Å². The molecule has 0 aliphatic heterocycles. The summed E-state index contributed by atoms with van der Waals surface area (Å²) in [7, 11) is 0. The maximum absolute atomic E-state index is 4.25. The summed E-state index contributed by atoms with van der Waals surface area (Å²) < 4.78 is 0. The summed E-state index contributed by atoms with van der Waals surface area (Å²) in [6.45, 7) is 2.08. The monoisotopic (exact) mass is 199 g/mol. The van der Waals surface area contributed by atoms with Crippen molar-refractivity contribution in [1.82, 2.24) is 4.98 Å². The number of pyridine rings is 1. The molecule has 1 heterocycles. The predicted molar refractivity (Wildman–Crippen MR) is 62.4 cm³/mol. The predicted octanol–water partition coefficient (Wildman–Crippen LogP) is 3.32. The number of hydrogen-bond acceptors (Lipinski definition) is 1. The van der Waals surface area contributed by atoms with E-state index in [1.165, 1.54) is 37.7 Å². The number of aryl methyl sites for hydroxylation is 1. The summed E-state index contributed by atoms with van der Waals surface area (Å²) in [6.07, 6.45) is 8.47. The minimum absolute atomic E-state index is 0.612. The molecular weight excluding hydrogens is 182 g/mol. The Balaban J connectivity index is 2.03. The van der Waals surface area contributed by atoms with Gasteiger partial charge in [0.25, 0.3) is 0 Å². The quantitative estimate of drug-likeness (QED) is 0.584. The Morgan fingerprint density at radius 2 is 2.07 bits per heavy atom. The van der Waals surface area contributed by atoms with Gasteiger partial charge in [0.15, 0.2) is 0 Å². The van der Waals surface area contributed by atoms with Gasteiger partial charge in [-0.2, -0.15) is 0 Å². The van der Waals surface area contributed by atoms with E-state index in [0.717, 1.165) is 5.69 Å². The van der Waals surface area contributed by atoms with Crippen molar-refractivity contribution in [2.24, 2.45) is 5.92 Å². The van der Waals surface area contributed by atoms with Crippen LogP contribution < -0.4 is 0 Å². The van der Waals surface area contributed by atoms with Crippen molar-refractivity contribution in [3.8, 4) is 11.8 Å². The van der Waals surface area contributed by atoms with Crippen LogP contribution in [0.1, 0.15) is 43.4 Å². The molecule has 0 radical (unpaired) electrons. The maximum atomic E-state index is 4.25. The molecule has 0 unspecified atom stereocenters. The first kappa shape index (κ1) is 10.2. The van der Waals surface area contributed by atoms with E-state index in [1.807, 2.05) is 12.3 Å². The van der Waals surface area contributed by atoms with E-state index >= 15 is 0 Å². The smallest absolute Gasteiger partial charge is 0.113 e. The van der Waals surface area contributed by atoms with Gasteiger partial charge in [0, 0.05) is 12.1 Å². The van der Waals surface area contributed by atoms with Gasteiger partial charge in [-0.25, -0.2) is 4.98 Å². The highest BCUT2D eigenvalue weighted by Crippen LogP contribution is 2.22. The number of aromatic nitrogens is 1. The lowest BCUT2D eigenvalue weighted by molar-refractivity contribution is 0.430. The van der Waals surface area contributed by atoms with Gasteiger partial charge in [0.2, 0.25) is 0 Å². The summed E-state index contributed by atoms with van der Waals surface area (Å²) in [5.41, 5.74) is 2.15. The zero-order valence-electron chi connectivity index (χ0n) is 9.29. The van der Waals surface area contributed by atoms with Gasteiger partial charge in [-0.3, -0.25) is 0 Å². The lowest BCUT2D eigenvalue weighted by Gasteiger charge is -2.15. The Bertz CT molecular complexity index is 378. The van der Waals surface area contributed by atoms with Crippen molar-refractivity contribution in [3.63, 3.8) is 0 Å². The van der Waals surface area contributed by atoms with Crippen molar-refractivity contribution in [2.75, 3.05) is 0 Å². The highest BCUT2D eigenvalue weighted by molar-refractivity contribution is 5.30. The normalized spacial score (nSPS) is 16.9. The van der Waals surface area contributed by atoms with Crippen LogP contribution in [-0.4, -0.2) is 4.98 Å². The Kier molecular flexibility index (Phi) is 3.40. The largest absolute Gasteiger partial charge is 0.248 e. The zero-order chi connectivity index (χ0) is 10.5. The van der Waals surface area contributed by atoms with Gasteiger partial charge in [-0.15, -0.1) is 0 Å². The van der Waals surface area contributed by atoms with E-state index in [9.17, 15) is 0 Å². The van der Waals surface area contributed by atoms with Crippen LogP contribution in [0.5, 0.6) is 0 Å². The van der Waals surface area contributed by atoms with E-state index in [0.29, 0.717) is 5.92 Å². The van der Waals surface area contributed by atoms with Gasteiger partial charge in [0.05, 0.1) is 0 Å². The summed E-state index contributed by atoms with van der Waals surface area (Å²) in [4.78, 5) is 4.25. The first-order valence-electron chi connectivity index (χ1n) is 5.79. The number of nitrogens with zero attached hydrogens (tertiary/aromatic N) is 1. The Morgan fingerprint density at radius 3 is 2.80 bits per heavy atom. The molecule has 0 spiro atoms. The molecule has 1 fully saturated rings. The summed E-state index contributed by atoms with van der Waals surface area (Å²) in [6, 6.07) is 4.06. The molecule has 78 valence electrons. The van der Waals surface area contributed by atoms with Crippen LogP contribution in [0.15, 0.2) is 18.3 Å². The first-order chi connectivity index (χ1) is 7.34. The second kappa shape index (κ2) is 4.98. The van der Waals surface area contributed by atoms with Crippen LogP contribution in [0.25, 0.3) is 0 Å². The molecular formula is C14H17N. The molecule has 2 rings (SSSR count). The average molecular weight is 199 g/mol. The van der Waals surface area contributed by atoms with Gasteiger partial charge in [-0.05, 0) is 43.4 Å². The van der Waals surface area contributed by atoms with Crippen LogP contribution in [-0.2, 0) is 0 Å². The molecule has 0 N–H and O–H groups in total. The second-order valence-corrected chi connectivity index (χ2v) is 4.32. The number of rotatable bonds is 0. The lowest BCUT2D eigenvalue weighted by Crippen LogP contribution is -2.03. The van der Waals surface area contributed by atoms with Gasteiger partial charge in [-0.1, -0.05) is 25.2 Å². The third-order valence-corrected chi connectivity index (χ3v) is 2.92. The lowest BCUT2D eigenvalue weighted by atomic mass is 9.90. The Hall–Kier alpha value is -1.29. The van der Waals surface area contributed by atoms with Crippen LogP contribution in [0.4, 0.5) is 0 Å². The standard InChI is InChI=1S/C14H17N/c1-12-9-10-15-14(11-12)8-7-13-5-3-2-4-6-13/h9-11,13H,2-6H2,1H3. The third-order valence-electron chi connectivity index (χ3n) is 2.92. The molecule has 1 aromatic rings. The van der Waals surface area contributed by atoms with Crippen molar-refractivity contribution in [2.45, 2.75) is 39.0 Å². The Morgan fingerprint density at radius 1 is 1.27 bits per heavy atom. The van der Waals surface area contributed by atoms with Gasteiger partial charge in [0.1, 0.15) is 5.69 Å². The highest BCUT2D eigenvalue weighted by atomic mass is 14.6. The van der Waals surface area contributed by atoms with Crippen molar-refractivity contribution >= 4 is 0 Å². The molecule has 1 saturated carbocycles. The molecule has 0 atom stereocenters. The average Bonchev–Trinajstić information content (AvgIpc) is 2.28. The molecule has 1 nitrogen and oxygen atoms in total. The summed E-state index contributed by atoms with van der Waals surface area (Å²) in [5, 5.41) is 0. The van der Waals surface area contributed by atoms with Crippen LogP contribution in [0.3, 0.4) is 0 Å². The fourth-order valence-corrected chi connectivity index (χ4v) is 2.03. The first-order valence-corrected chi connectivity index (χ1v) is 5.79. The molecule has 0 saturated heterocycles. The van der Waals surface area contributed by atoms with Crippen molar-refractivity contribution in [3.05, 3.63) is 29.6 Å². The van der Waals surface area contributed by atoms with E-state index < -0.39 is 0 Å². The van der Waals surface area contributed by atoms with Crippen LogP contribution >= 0.6 is 0 Å². The summed E-state index contributed by atoms with van der Waals surface area (Å²) >= 11 is 0. The third kappa shape index (κ3) is 3.09. The minimum atomic E-state index is 0.612. The number of hydrogen-bond donors (Lipinski definition) is 0. The van der Waals surface area contributed by atoms with Crippen molar-refractivity contribution in [1.29, 1.82) is 0 Å². The zero-order valence-corrected chi connectivity index (χ0v) is 9.29. The molecule has 15 heavy (non-hydrogen) atoms. The van der Waals surface area contributed by atoms with Crippen molar-refractivity contribution < 1.29 is 0 Å². The van der Waals surface area contributed by atoms with Gasteiger partial charge >= 0.3 is 0 Å². The second-order valence-electron chi connectivity index (χ2n) is 4.32. The van der Waals surface area contributed by atoms with E-state index in [1.54, 1.807) is 0 Å². The van der Waals surface area contributed by atoms with Crippen LogP contribution in [0, 0.1) is 24.7 Å². The topological polar surface area (TPSA) is 12.9 Å². The molecule has 1 heteroatoms. The fraction of sp³-hybridized carbons (Fsp3) is 0.500. The Labute approximate surface area is 91.9 Å². The van der Waals surface area contributed by atoms with Gasteiger partial charge < -0.3 is 0 Å². The maximum Gasteiger partial charge on any atom is 0.113 e. The summed E-state index contributed by atoms with van der Waals surface area (Å²) in [5.74, 6) is 7.16. The fourth-order valence-electron chi connectivity index (χ4n) is 2.03.